The van der Waals surface area contributed by atoms with Gasteiger partial charge in [0.05, 0.1) is 12.7 Å². The molecule has 0 saturated carbocycles. The third kappa shape index (κ3) is 2.94. The Morgan fingerprint density at radius 2 is 1.88 bits per heavy atom. The van der Waals surface area contributed by atoms with Crippen molar-refractivity contribution in [2.24, 2.45) is 0 Å². The van der Waals surface area contributed by atoms with Crippen LogP contribution in [-0.4, -0.2) is 4.98 Å². The molecule has 3 heteroatoms. The number of nitrogens with zero attached hydrogens (tertiary/aromatic N) is 1. The number of oxazole rings is 1. The van der Waals surface area contributed by atoms with Crippen LogP contribution < -0.4 is 5.32 Å². The van der Waals surface area contributed by atoms with E-state index < -0.39 is 0 Å². The molecule has 1 aromatic heterocycles. The zero-order valence-electron chi connectivity index (χ0n) is 9.66. The van der Waals surface area contributed by atoms with Crippen molar-refractivity contribution in [3.63, 3.8) is 0 Å². The number of nitrogens with one attached hydrogen (secondary N) is 1. The summed E-state index contributed by atoms with van der Waals surface area (Å²) < 4.78 is 5.37. The van der Waals surface area contributed by atoms with Crippen molar-refractivity contribution in [1.82, 2.24) is 10.3 Å². The van der Waals surface area contributed by atoms with Crippen LogP contribution in [0.1, 0.15) is 22.8 Å². The van der Waals surface area contributed by atoms with Crippen molar-refractivity contribution in [3.8, 4) is 0 Å². The van der Waals surface area contributed by atoms with Gasteiger partial charge in [0.1, 0.15) is 5.76 Å². The molecule has 0 saturated heterocycles. The highest BCUT2D eigenvalue weighted by atomic mass is 16.4. The summed E-state index contributed by atoms with van der Waals surface area (Å²) >= 11 is 0. The van der Waals surface area contributed by atoms with Gasteiger partial charge in [0.25, 0.3) is 0 Å². The fourth-order valence-electron chi connectivity index (χ4n) is 1.50. The van der Waals surface area contributed by atoms with Crippen LogP contribution in [0.15, 0.2) is 34.9 Å². The van der Waals surface area contributed by atoms with Crippen molar-refractivity contribution in [3.05, 3.63) is 53.2 Å². The minimum atomic E-state index is 0.668. The van der Waals surface area contributed by atoms with Crippen LogP contribution in [0.3, 0.4) is 0 Å². The topological polar surface area (TPSA) is 38.1 Å². The summed E-state index contributed by atoms with van der Waals surface area (Å²) in [6, 6.07) is 8.49. The van der Waals surface area contributed by atoms with E-state index in [4.69, 9.17) is 4.42 Å². The molecule has 16 heavy (non-hydrogen) atoms. The predicted molar refractivity (Wildman–Crippen MR) is 63.0 cm³/mol. The average molecular weight is 216 g/mol. The van der Waals surface area contributed by atoms with Gasteiger partial charge in [-0.25, -0.2) is 4.98 Å². The summed E-state index contributed by atoms with van der Waals surface area (Å²) in [7, 11) is 0. The summed E-state index contributed by atoms with van der Waals surface area (Å²) in [5, 5.41) is 3.29. The highest BCUT2D eigenvalue weighted by Crippen LogP contribution is 2.04. The molecule has 0 atom stereocenters. The molecule has 0 fully saturated rings. The van der Waals surface area contributed by atoms with Crippen LogP contribution in [0.2, 0.25) is 0 Å². The van der Waals surface area contributed by atoms with Gasteiger partial charge < -0.3 is 9.73 Å². The van der Waals surface area contributed by atoms with Gasteiger partial charge in [0, 0.05) is 6.54 Å². The molecule has 0 aliphatic heterocycles. The van der Waals surface area contributed by atoms with Crippen LogP contribution in [0.5, 0.6) is 0 Å². The van der Waals surface area contributed by atoms with Gasteiger partial charge in [-0.1, -0.05) is 29.8 Å². The van der Waals surface area contributed by atoms with Crippen LogP contribution in [0, 0.1) is 13.8 Å². The summed E-state index contributed by atoms with van der Waals surface area (Å²) in [4.78, 5) is 4.13. The summed E-state index contributed by atoms with van der Waals surface area (Å²) in [6.07, 6.45) is 1.74. The van der Waals surface area contributed by atoms with Crippen molar-refractivity contribution >= 4 is 0 Å². The zero-order valence-corrected chi connectivity index (χ0v) is 9.66. The highest BCUT2D eigenvalue weighted by molar-refractivity contribution is 5.21. The summed E-state index contributed by atoms with van der Waals surface area (Å²) in [5.74, 6) is 1.59. The molecule has 0 aliphatic carbocycles. The smallest absolute Gasteiger partial charge is 0.208 e. The van der Waals surface area contributed by atoms with E-state index in [-0.39, 0.29) is 0 Å². The van der Waals surface area contributed by atoms with Gasteiger partial charge >= 0.3 is 0 Å². The molecule has 2 aromatic rings. The van der Waals surface area contributed by atoms with Gasteiger partial charge in [-0.2, -0.15) is 0 Å². The molecule has 0 spiro atoms. The van der Waals surface area contributed by atoms with Crippen molar-refractivity contribution in [1.29, 1.82) is 0 Å². The van der Waals surface area contributed by atoms with Gasteiger partial charge in [0.15, 0.2) is 0 Å². The predicted octanol–water partition coefficient (Wildman–Crippen LogP) is 2.58. The van der Waals surface area contributed by atoms with Gasteiger partial charge in [-0.15, -0.1) is 0 Å². The Morgan fingerprint density at radius 3 is 2.50 bits per heavy atom. The normalized spacial score (nSPS) is 10.6. The monoisotopic (exact) mass is 216 g/mol. The summed E-state index contributed by atoms with van der Waals surface area (Å²) in [5.41, 5.74) is 2.56. The first-order valence-corrected chi connectivity index (χ1v) is 5.41. The maximum absolute atomic E-state index is 5.37. The van der Waals surface area contributed by atoms with Crippen molar-refractivity contribution in [2.45, 2.75) is 26.9 Å². The first-order chi connectivity index (χ1) is 7.74. The van der Waals surface area contributed by atoms with Crippen molar-refractivity contribution in [2.75, 3.05) is 0 Å². The molecule has 3 nitrogen and oxygen atoms in total. The lowest BCUT2D eigenvalue weighted by molar-refractivity contribution is 0.449. The lowest BCUT2D eigenvalue weighted by Crippen LogP contribution is -2.12. The van der Waals surface area contributed by atoms with E-state index in [1.165, 1.54) is 11.1 Å². The molecular formula is C13H16N2O. The second-order valence-electron chi connectivity index (χ2n) is 3.95. The minimum absolute atomic E-state index is 0.668. The number of aromatic nitrogens is 1. The van der Waals surface area contributed by atoms with E-state index >= 15 is 0 Å². The molecule has 0 aliphatic rings. The van der Waals surface area contributed by atoms with E-state index in [1.807, 2.05) is 6.92 Å². The van der Waals surface area contributed by atoms with Gasteiger partial charge in [-0.05, 0) is 19.4 Å². The maximum atomic E-state index is 5.37. The molecule has 0 radical (unpaired) electrons. The van der Waals surface area contributed by atoms with E-state index in [2.05, 4.69) is 41.5 Å². The Balaban J connectivity index is 1.82. The number of benzene rings is 1. The molecular weight excluding hydrogens is 200 g/mol. The van der Waals surface area contributed by atoms with E-state index in [1.54, 1.807) is 6.20 Å². The first kappa shape index (κ1) is 10.9. The molecule has 1 heterocycles. The molecule has 84 valence electrons. The second-order valence-corrected chi connectivity index (χ2v) is 3.95. The molecule has 0 unspecified atom stereocenters. The Bertz CT molecular complexity index is 445. The van der Waals surface area contributed by atoms with Crippen LogP contribution in [0.25, 0.3) is 0 Å². The fourth-order valence-corrected chi connectivity index (χ4v) is 1.50. The standard InChI is InChI=1S/C13H16N2O/c1-10-3-5-12(6-4-10)8-14-9-13-15-7-11(2)16-13/h3-7,14H,8-9H2,1-2H3. The third-order valence-corrected chi connectivity index (χ3v) is 2.40. The number of hydrogen-bond acceptors (Lipinski definition) is 3. The number of aryl methyl sites for hydroxylation is 2. The summed E-state index contributed by atoms with van der Waals surface area (Å²) in [6.45, 7) is 5.49. The third-order valence-electron chi connectivity index (χ3n) is 2.40. The Hall–Kier alpha value is -1.61. The second kappa shape index (κ2) is 4.94. The van der Waals surface area contributed by atoms with Gasteiger partial charge in [-0.3, -0.25) is 0 Å². The number of rotatable bonds is 4. The zero-order chi connectivity index (χ0) is 11.4. The Morgan fingerprint density at radius 1 is 1.12 bits per heavy atom. The molecule has 1 aromatic carbocycles. The molecule has 2 rings (SSSR count). The van der Waals surface area contributed by atoms with E-state index in [0.717, 1.165) is 18.2 Å². The lowest BCUT2D eigenvalue weighted by atomic mass is 10.1. The maximum Gasteiger partial charge on any atom is 0.208 e. The van der Waals surface area contributed by atoms with E-state index in [0.29, 0.717) is 6.54 Å². The lowest BCUT2D eigenvalue weighted by Gasteiger charge is -2.02. The van der Waals surface area contributed by atoms with Gasteiger partial charge in [0.2, 0.25) is 5.89 Å². The molecule has 1 N–H and O–H groups in total. The van der Waals surface area contributed by atoms with Crippen LogP contribution >= 0.6 is 0 Å². The SMILES string of the molecule is Cc1ccc(CNCc2ncc(C)o2)cc1. The van der Waals surface area contributed by atoms with Crippen molar-refractivity contribution < 1.29 is 4.42 Å². The molecule has 0 bridgehead atoms. The van der Waals surface area contributed by atoms with E-state index in [9.17, 15) is 0 Å². The average Bonchev–Trinajstić information content (AvgIpc) is 2.67. The largest absolute Gasteiger partial charge is 0.445 e. The Labute approximate surface area is 95.5 Å². The fraction of sp³-hybridized carbons (Fsp3) is 0.308. The minimum Gasteiger partial charge on any atom is -0.445 e. The van der Waals surface area contributed by atoms with Crippen LogP contribution in [0.4, 0.5) is 0 Å². The van der Waals surface area contributed by atoms with Crippen LogP contribution in [-0.2, 0) is 13.1 Å². The molecule has 0 amide bonds. The highest BCUT2D eigenvalue weighted by Gasteiger charge is 1.99. The number of hydrogen-bond donors (Lipinski definition) is 1. The Kier molecular flexibility index (Phi) is 3.37. The quantitative estimate of drug-likeness (QED) is 0.853. The first-order valence-electron chi connectivity index (χ1n) is 5.41.